The average Bonchev–Trinajstić information content (AvgIpc) is 3.10. The first-order valence-electron chi connectivity index (χ1n) is 17.8. The van der Waals surface area contributed by atoms with Crippen molar-refractivity contribution in [3.8, 4) is 34.5 Å². The van der Waals surface area contributed by atoms with E-state index in [9.17, 15) is 9.59 Å². The van der Waals surface area contributed by atoms with Crippen LogP contribution in [0.2, 0.25) is 0 Å². The molecule has 0 bridgehead atoms. The van der Waals surface area contributed by atoms with Crippen LogP contribution in [0.25, 0.3) is 0 Å². The van der Waals surface area contributed by atoms with E-state index in [4.69, 9.17) is 28.4 Å². The van der Waals surface area contributed by atoms with Gasteiger partial charge in [0.1, 0.15) is 0 Å². The number of ether oxygens (including phenoxy) is 6. The Bertz CT molecular complexity index is 1160. The highest BCUT2D eigenvalue weighted by Gasteiger charge is 2.20. The molecule has 1 N–H and O–H groups in total. The number of carbonyl (C=O) groups excluding carboxylic acids is 2. The lowest BCUT2D eigenvalue weighted by Gasteiger charge is -2.19. The van der Waals surface area contributed by atoms with Crippen LogP contribution in [0.5, 0.6) is 34.5 Å². The van der Waals surface area contributed by atoms with Crippen molar-refractivity contribution < 1.29 is 38.0 Å². The maximum atomic E-state index is 13.4. The molecule has 2 aromatic rings. The largest absolute Gasteiger partial charge is 0.493 e. The molecule has 0 saturated carbocycles. The first kappa shape index (κ1) is 40.9. The van der Waals surface area contributed by atoms with E-state index < -0.39 is 0 Å². The summed E-state index contributed by atoms with van der Waals surface area (Å²) in [5.41, 5.74) is 0.914. The molecule has 0 saturated heterocycles. The van der Waals surface area contributed by atoms with Crippen molar-refractivity contribution >= 4 is 22.8 Å². The van der Waals surface area contributed by atoms with Gasteiger partial charge in [-0.1, -0.05) is 90.3 Å². The molecule has 0 atom stereocenters. The van der Waals surface area contributed by atoms with Gasteiger partial charge < -0.3 is 33.7 Å². The molecule has 2 aromatic carbocycles. The van der Waals surface area contributed by atoms with Gasteiger partial charge in [-0.2, -0.15) is 0 Å². The van der Waals surface area contributed by atoms with Crippen LogP contribution >= 0.6 is 11.8 Å². The molecule has 0 aliphatic rings. The fraction of sp³-hybridized carbons (Fsp3) is 0.632. The molecular formula is C38H59NO8S. The second kappa shape index (κ2) is 24.8. The van der Waals surface area contributed by atoms with Crippen molar-refractivity contribution in [3.63, 3.8) is 0 Å². The van der Waals surface area contributed by atoms with Crippen LogP contribution in [-0.4, -0.2) is 64.5 Å². The van der Waals surface area contributed by atoms with Crippen LogP contribution in [0.15, 0.2) is 24.3 Å². The van der Waals surface area contributed by atoms with Gasteiger partial charge >= 0.3 is 0 Å². The van der Waals surface area contributed by atoms with E-state index in [2.05, 4.69) is 26.1 Å². The standard InChI is InChI=1S/C38H59NO8S/c1-7-10-13-16-21-45-33-27-30(28-34(46-22-17-14-11-8-2)36(33)47-23-18-15-12-9-3)38(41)48-24-19-20-39-37(40)29-25-31(42-4)35(44-6)32(26-29)43-5/h25-28H,7-24H2,1-6H3,(H,39,40). The van der Waals surface area contributed by atoms with Crippen molar-refractivity contribution in [1.29, 1.82) is 0 Å². The van der Waals surface area contributed by atoms with Gasteiger partial charge in [0.2, 0.25) is 16.6 Å². The average molecular weight is 690 g/mol. The zero-order chi connectivity index (χ0) is 35.0. The molecule has 0 spiro atoms. The molecule has 0 unspecified atom stereocenters. The number of carbonyl (C=O) groups is 2. The van der Waals surface area contributed by atoms with Gasteiger partial charge in [0.15, 0.2) is 23.0 Å². The molecule has 0 aliphatic heterocycles. The van der Waals surface area contributed by atoms with E-state index in [0.29, 0.717) is 84.2 Å². The molecule has 0 aliphatic carbocycles. The van der Waals surface area contributed by atoms with Crippen molar-refractivity contribution in [2.24, 2.45) is 0 Å². The quantitative estimate of drug-likeness (QED) is 0.0920. The minimum Gasteiger partial charge on any atom is -0.493 e. The van der Waals surface area contributed by atoms with Crippen LogP contribution in [0.3, 0.4) is 0 Å². The highest BCUT2D eigenvalue weighted by atomic mass is 32.2. The van der Waals surface area contributed by atoms with Crippen molar-refractivity contribution in [2.45, 2.75) is 104 Å². The Balaban J connectivity index is 2.10. The van der Waals surface area contributed by atoms with Crippen molar-refractivity contribution in [3.05, 3.63) is 35.4 Å². The Morgan fingerprint density at radius 2 is 1.04 bits per heavy atom. The van der Waals surface area contributed by atoms with Gasteiger partial charge in [-0.25, -0.2) is 0 Å². The van der Waals surface area contributed by atoms with Gasteiger partial charge in [-0.3, -0.25) is 9.59 Å². The highest BCUT2D eigenvalue weighted by molar-refractivity contribution is 8.14. The fourth-order valence-electron chi connectivity index (χ4n) is 5.01. The van der Waals surface area contributed by atoms with E-state index in [0.717, 1.165) is 70.6 Å². The van der Waals surface area contributed by atoms with Gasteiger partial charge in [-0.15, -0.1) is 0 Å². The molecule has 9 nitrogen and oxygen atoms in total. The third-order valence-corrected chi connectivity index (χ3v) is 8.77. The zero-order valence-electron chi connectivity index (χ0n) is 30.2. The SMILES string of the molecule is CCCCCCOc1cc(C(=O)SCCCNC(=O)c2cc(OC)c(OC)c(OC)c2)cc(OCCCCCC)c1OCCCCCC. The first-order valence-corrected chi connectivity index (χ1v) is 18.7. The van der Waals surface area contributed by atoms with Crippen LogP contribution < -0.4 is 33.7 Å². The Morgan fingerprint density at radius 1 is 0.562 bits per heavy atom. The van der Waals surface area contributed by atoms with Gasteiger partial charge in [0.05, 0.1) is 41.2 Å². The molecule has 2 rings (SSSR count). The molecule has 1 amide bonds. The monoisotopic (exact) mass is 689 g/mol. The summed E-state index contributed by atoms with van der Waals surface area (Å²) < 4.78 is 34.9. The number of thioether (sulfide) groups is 1. The summed E-state index contributed by atoms with van der Waals surface area (Å²) in [5.74, 6) is 3.22. The smallest absolute Gasteiger partial charge is 0.251 e. The Kier molecular flexibility index (Phi) is 21.1. The number of unbranched alkanes of at least 4 members (excludes halogenated alkanes) is 9. The molecule has 270 valence electrons. The number of nitrogens with one attached hydrogen (secondary N) is 1. The topological polar surface area (TPSA) is 102 Å². The first-order chi connectivity index (χ1) is 23.4. The third kappa shape index (κ3) is 14.5. The number of methoxy groups -OCH3 is 3. The van der Waals surface area contributed by atoms with E-state index in [1.165, 1.54) is 39.5 Å². The number of benzene rings is 2. The van der Waals surface area contributed by atoms with E-state index in [1.807, 2.05) is 0 Å². The van der Waals surface area contributed by atoms with Crippen LogP contribution in [-0.2, 0) is 0 Å². The molecule has 0 heterocycles. The number of amides is 1. The number of rotatable bonds is 27. The maximum Gasteiger partial charge on any atom is 0.251 e. The summed E-state index contributed by atoms with van der Waals surface area (Å²) in [6.45, 7) is 8.65. The predicted molar refractivity (Wildman–Crippen MR) is 195 cm³/mol. The van der Waals surface area contributed by atoms with Gasteiger partial charge in [0.25, 0.3) is 5.91 Å². The Hall–Kier alpha value is -3.27. The number of hydrogen-bond donors (Lipinski definition) is 1. The molecule has 48 heavy (non-hydrogen) atoms. The molecule has 10 heteroatoms. The zero-order valence-corrected chi connectivity index (χ0v) is 31.0. The molecule has 0 radical (unpaired) electrons. The molecular weight excluding hydrogens is 630 g/mol. The molecule has 0 fully saturated rings. The minimum absolute atomic E-state index is 0.0767. The summed E-state index contributed by atoms with van der Waals surface area (Å²) in [4.78, 5) is 26.3. The lowest BCUT2D eigenvalue weighted by atomic mass is 10.1. The highest BCUT2D eigenvalue weighted by Crippen LogP contribution is 2.41. The van der Waals surface area contributed by atoms with Crippen LogP contribution in [0, 0.1) is 0 Å². The predicted octanol–water partition coefficient (Wildman–Crippen LogP) is 9.28. The second-order valence-corrected chi connectivity index (χ2v) is 12.8. The minimum atomic E-state index is -0.266. The summed E-state index contributed by atoms with van der Waals surface area (Å²) in [6.07, 6.45) is 13.7. The lowest BCUT2D eigenvalue weighted by Crippen LogP contribution is -2.25. The second-order valence-electron chi connectivity index (χ2n) is 11.7. The van der Waals surface area contributed by atoms with Gasteiger partial charge in [-0.05, 0) is 49.9 Å². The Labute approximate surface area is 293 Å². The Morgan fingerprint density at radius 3 is 1.50 bits per heavy atom. The lowest BCUT2D eigenvalue weighted by molar-refractivity contribution is 0.0952. The fourth-order valence-corrected chi connectivity index (χ4v) is 5.77. The van der Waals surface area contributed by atoms with E-state index in [-0.39, 0.29) is 11.0 Å². The summed E-state index contributed by atoms with van der Waals surface area (Å²) >= 11 is 1.22. The van der Waals surface area contributed by atoms with Crippen molar-refractivity contribution in [1.82, 2.24) is 5.32 Å². The summed E-state index contributed by atoms with van der Waals surface area (Å²) in [7, 11) is 4.53. The summed E-state index contributed by atoms with van der Waals surface area (Å²) in [6, 6.07) is 6.82. The maximum absolute atomic E-state index is 13.4. The van der Waals surface area contributed by atoms with Crippen LogP contribution in [0.4, 0.5) is 0 Å². The normalized spacial score (nSPS) is 10.8. The number of hydrogen-bond acceptors (Lipinski definition) is 9. The van der Waals surface area contributed by atoms with E-state index >= 15 is 0 Å². The third-order valence-electron chi connectivity index (χ3n) is 7.78. The van der Waals surface area contributed by atoms with Gasteiger partial charge in [0, 0.05) is 23.4 Å². The summed E-state index contributed by atoms with van der Waals surface area (Å²) in [5, 5.41) is 2.84. The van der Waals surface area contributed by atoms with E-state index in [1.54, 1.807) is 24.3 Å². The van der Waals surface area contributed by atoms with Crippen LogP contribution in [0.1, 0.15) is 125 Å². The van der Waals surface area contributed by atoms with Crippen molar-refractivity contribution in [2.75, 3.05) is 53.4 Å². The molecule has 0 aromatic heterocycles.